The Hall–Kier alpha value is -2.82. The highest BCUT2D eigenvalue weighted by Gasteiger charge is 2.28. The molecule has 136 valence electrons. The zero-order valence-electron chi connectivity index (χ0n) is 15.1. The van der Waals surface area contributed by atoms with E-state index in [0.717, 1.165) is 6.42 Å². The second kappa shape index (κ2) is 8.04. The lowest BCUT2D eigenvalue weighted by atomic mass is 9.91. The Bertz CT molecular complexity index is 771. The summed E-state index contributed by atoms with van der Waals surface area (Å²) in [6.45, 7) is 5.68. The van der Waals surface area contributed by atoms with Crippen LogP contribution < -0.4 is 5.32 Å². The number of hydrogen-bond acceptors (Lipinski definition) is 3. The quantitative estimate of drug-likeness (QED) is 0.856. The van der Waals surface area contributed by atoms with Gasteiger partial charge in [0.1, 0.15) is 11.5 Å². The van der Waals surface area contributed by atoms with E-state index in [2.05, 4.69) is 19.2 Å². The van der Waals surface area contributed by atoms with Crippen LogP contribution in [0.25, 0.3) is 6.08 Å². The smallest absolute Gasteiger partial charge is 0.270 e. The van der Waals surface area contributed by atoms with E-state index < -0.39 is 0 Å². The van der Waals surface area contributed by atoms with E-state index in [1.807, 2.05) is 11.0 Å². The minimum atomic E-state index is -0.310. The third-order valence-corrected chi connectivity index (χ3v) is 4.50. The van der Waals surface area contributed by atoms with Gasteiger partial charge in [-0.3, -0.25) is 9.59 Å². The van der Waals surface area contributed by atoms with Gasteiger partial charge in [-0.2, -0.15) is 0 Å². The summed E-state index contributed by atoms with van der Waals surface area (Å²) in [5.74, 6) is 0.925. The summed E-state index contributed by atoms with van der Waals surface area (Å²) >= 11 is 0. The maximum atomic E-state index is 13.1. The largest absolute Gasteiger partial charge is 0.465 e. The fraction of sp³-hybridized carbons (Fsp3) is 0.333. The molecule has 2 heterocycles. The van der Waals surface area contributed by atoms with Crippen molar-refractivity contribution >= 4 is 17.9 Å². The summed E-state index contributed by atoms with van der Waals surface area (Å²) in [6, 6.07) is 12.4. The second-order valence-electron chi connectivity index (χ2n) is 7.05. The van der Waals surface area contributed by atoms with E-state index in [4.69, 9.17) is 4.42 Å². The number of rotatable bonds is 4. The van der Waals surface area contributed by atoms with Crippen molar-refractivity contribution in [2.75, 3.05) is 13.1 Å². The van der Waals surface area contributed by atoms with Crippen molar-refractivity contribution in [2.24, 2.45) is 11.8 Å². The van der Waals surface area contributed by atoms with Gasteiger partial charge in [0.05, 0.1) is 6.26 Å². The summed E-state index contributed by atoms with van der Waals surface area (Å²) in [6.07, 6.45) is 4.24. The molecule has 1 fully saturated rings. The molecule has 1 aliphatic heterocycles. The number of amides is 2. The number of carbonyl (C=O) groups excluding carboxylic acids is 2. The molecule has 5 nitrogen and oxygen atoms in total. The second-order valence-corrected chi connectivity index (χ2v) is 7.05. The highest BCUT2D eigenvalue weighted by Crippen LogP contribution is 2.22. The summed E-state index contributed by atoms with van der Waals surface area (Å²) in [7, 11) is 0. The van der Waals surface area contributed by atoms with Gasteiger partial charge in [0.25, 0.3) is 11.8 Å². The lowest BCUT2D eigenvalue weighted by Crippen LogP contribution is -2.45. The number of likely N-dealkylation sites (tertiary alicyclic amines) is 1. The molecule has 1 aliphatic rings. The summed E-state index contributed by atoms with van der Waals surface area (Å²) in [5.41, 5.74) is 0.737. The Labute approximate surface area is 153 Å². The van der Waals surface area contributed by atoms with Gasteiger partial charge < -0.3 is 14.6 Å². The molecule has 1 aromatic carbocycles. The molecular formula is C21H24N2O3. The molecular weight excluding hydrogens is 328 g/mol. The van der Waals surface area contributed by atoms with Gasteiger partial charge in [-0.25, -0.2) is 0 Å². The van der Waals surface area contributed by atoms with Crippen LogP contribution in [0.4, 0.5) is 0 Å². The topological polar surface area (TPSA) is 62.6 Å². The van der Waals surface area contributed by atoms with E-state index in [1.54, 1.807) is 42.5 Å². The van der Waals surface area contributed by atoms with E-state index >= 15 is 0 Å². The van der Waals surface area contributed by atoms with Crippen LogP contribution in [0, 0.1) is 11.8 Å². The van der Waals surface area contributed by atoms with Gasteiger partial charge in [0.15, 0.2) is 0 Å². The Morgan fingerprint density at radius 2 is 1.77 bits per heavy atom. The van der Waals surface area contributed by atoms with Crippen LogP contribution in [0.5, 0.6) is 0 Å². The van der Waals surface area contributed by atoms with Gasteiger partial charge >= 0.3 is 0 Å². The molecule has 0 aliphatic carbocycles. The fourth-order valence-corrected chi connectivity index (χ4v) is 3.45. The SMILES string of the molecule is CC1CC(C)CN(C(=O)/C(=C/c2ccco2)NC(=O)c2ccccc2)C1. The van der Waals surface area contributed by atoms with Crippen LogP contribution in [-0.2, 0) is 4.79 Å². The molecule has 5 heteroatoms. The molecule has 0 radical (unpaired) electrons. The van der Waals surface area contributed by atoms with Crippen molar-refractivity contribution in [3.63, 3.8) is 0 Å². The van der Waals surface area contributed by atoms with Gasteiger partial charge in [-0.1, -0.05) is 32.0 Å². The third kappa shape index (κ3) is 4.42. The van der Waals surface area contributed by atoms with Crippen LogP contribution in [0.2, 0.25) is 0 Å². The van der Waals surface area contributed by atoms with E-state index in [9.17, 15) is 9.59 Å². The van der Waals surface area contributed by atoms with Crippen molar-refractivity contribution in [2.45, 2.75) is 20.3 Å². The molecule has 2 aromatic rings. The molecule has 0 spiro atoms. The van der Waals surface area contributed by atoms with Gasteiger partial charge in [-0.05, 0) is 42.5 Å². The van der Waals surface area contributed by atoms with Crippen LogP contribution in [0.3, 0.4) is 0 Å². The number of furan rings is 1. The van der Waals surface area contributed by atoms with Crippen molar-refractivity contribution < 1.29 is 14.0 Å². The first kappa shape index (κ1) is 18.0. The van der Waals surface area contributed by atoms with E-state index in [0.29, 0.717) is 36.2 Å². The summed E-state index contributed by atoms with van der Waals surface area (Å²) in [5, 5.41) is 2.77. The molecule has 1 aromatic heterocycles. The molecule has 2 unspecified atom stereocenters. The van der Waals surface area contributed by atoms with Crippen LogP contribution in [0.15, 0.2) is 58.8 Å². The molecule has 26 heavy (non-hydrogen) atoms. The minimum absolute atomic E-state index is 0.177. The predicted octanol–water partition coefficient (Wildman–Crippen LogP) is 3.56. The number of nitrogens with one attached hydrogen (secondary N) is 1. The number of benzene rings is 1. The highest BCUT2D eigenvalue weighted by molar-refractivity contribution is 6.05. The normalized spacial score (nSPS) is 20.7. The summed E-state index contributed by atoms with van der Waals surface area (Å²) in [4.78, 5) is 27.4. The zero-order chi connectivity index (χ0) is 18.5. The third-order valence-electron chi connectivity index (χ3n) is 4.50. The predicted molar refractivity (Wildman–Crippen MR) is 100 cm³/mol. The maximum Gasteiger partial charge on any atom is 0.270 e. The molecule has 1 saturated heterocycles. The van der Waals surface area contributed by atoms with Crippen LogP contribution in [-0.4, -0.2) is 29.8 Å². The van der Waals surface area contributed by atoms with Crippen molar-refractivity contribution in [1.82, 2.24) is 10.2 Å². The number of nitrogens with zero attached hydrogens (tertiary/aromatic N) is 1. The van der Waals surface area contributed by atoms with Gasteiger partial charge in [0.2, 0.25) is 0 Å². The molecule has 0 saturated carbocycles. The highest BCUT2D eigenvalue weighted by atomic mass is 16.3. The average Bonchev–Trinajstić information content (AvgIpc) is 3.13. The van der Waals surface area contributed by atoms with E-state index in [1.165, 1.54) is 6.26 Å². The van der Waals surface area contributed by atoms with Gasteiger partial charge in [-0.15, -0.1) is 0 Å². The Morgan fingerprint density at radius 3 is 2.38 bits per heavy atom. The molecule has 1 N–H and O–H groups in total. The molecule has 2 atom stereocenters. The number of carbonyl (C=O) groups is 2. The molecule has 3 rings (SSSR count). The zero-order valence-corrected chi connectivity index (χ0v) is 15.1. The Balaban J connectivity index is 1.84. The van der Waals surface area contributed by atoms with Crippen molar-refractivity contribution in [1.29, 1.82) is 0 Å². The Kier molecular flexibility index (Phi) is 5.56. The lowest BCUT2D eigenvalue weighted by molar-refractivity contribution is -0.130. The van der Waals surface area contributed by atoms with Crippen LogP contribution in [0.1, 0.15) is 36.4 Å². The van der Waals surface area contributed by atoms with Crippen molar-refractivity contribution in [3.05, 3.63) is 65.7 Å². The number of piperidine rings is 1. The fourth-order valence-electron chi connectivity index (χ4n) is 3.45. The van der Waals surface area contributed by atoms with Gasteiger partial charge in [0, 0.05) is 24.7 Å². The standard InChI is InChI=1S/C21H24N2O3/c1-15-11-16(2)14-23(13-15)21(25)19(12-18-9-6-10-26-18)22-20(24)17-7-4-3-5-8-17/h3-10,12,15-16H,11,13-14H2,1-2H3,(H,22,24)/b19-12-. The minimum Gasteiger partial charge on any atom is -0.465 e. The number of hydrogen-bond donors (Lipinski definition) is 1. The molecule has 0 bridgehead atoms. The monoisotopic (exact) mass is 352 g/mol. The average molecular weight is 352 g/mol. The molecule has 2 amide bonds. The first-order chi connectivity index (χ1) is 12.5. The first-order valence-electron chi connectivity index (χ1n) is 8.94. The Morgan fingerprint density at radius 1 is 1.08 bits per heavy atom. The maximum absolute atomic E-state index is 13.1. The van der Waals surface area contributed by atoms with Crippen LogP contribution >= 0.6 is 0 Å². The first-order valence-corrected chi connectivity index (χ1v) is 8.94. The van der Waals surface area contributed by atoms with Crippen molar-refractivity contribution in [3.8, 4) is 0 Å². The summed E-state index contributed by atoms with van der Waals surface area (Å²) < 4.78 is 5.33. The lowest BCUT2D eigenvalue weighted by Gasteiger charge is -2.35. The van der Waals surface area contributed by atoms with E-state index in [-0.39, 0.29) is 17.5 Å².